The average molecular weight is 313 g/mol. The van der Waals surface area contributed by atoms with Crippen LogP contribution in [0.2, 0.25) is 5.02 Å². The monoisotopic (exact) mass is 311 g/mol. The lowest BCUT2D eigenvalue weighted by molar-refractivity contribution is -0.112. The standard InChI is InChI=1S/C13H11BrClNO/c1-8-6-9(7-12(8)14)13(17)16-11-4-2-10(15)3-5-11/h2-5,7H,6H2,1H3,(H,16,17). The third-order valence-corrected chi connectivity index (χ3v) is 3.72. The highest BCUT2D eigenvalue weighted by Crippen LogP contribution is 2.29. The lowest BCUT2D eigenvalue weighted by Gasteiger charge is -2.06. The molecule has 1 aromatic carbocycles. The Morgan fingerprint density at radius 3 is 2.53 bits per heavy atom. The molecule has 1 amide bonds. The normalized spacial score (nSPS) is 14.9. The second kappa shape index (κ2) is 5.07. The summed E-state index contributed by atoms with van der Waals surface area (Å²) in [6.07, 6.45) is 2.56. The van der Waals surface area contributed by atoms with Crippen LogP contribution in [-0.4, -0.2) is 5.91 Å². The summed E-state index contributed by atoms with van der Waals surface area (Å²) in [5, 5.41) is 3.49. The van der Waals surface area contributed by atoms with Crippen LogP contribution in [0, 0.1) is 0 Å². The molecule has 0 saturated heterocycles. The van der Waals surface area contributed by atoms with Gasteiger partial charge in [-0.15, -0.1) is 0 Å². The highest BCUT2D eigenvalue weighted by atomic mass is 79.9. The zero-order valence-electron chi connectivity index (χ0n) is 9.26. The Balaban J connectivity index is 2.04. The summed E-state index contributed by atoms with van der Waals surface area (Å²) in [6, 6.07) is 7.06. The summed E-state index contributed by atoms with van der Waals surface area (Å²) < 4.78 is 0.999. The van der Waals surface area contributed by atoms with Crippen LogP contribution in [0.4, 0.5) is 5.69 Å². The fraction of sp³-hybridized carbons (Fsp3) is 0.154. The smallest absolute Gasteiger partial charge is 0.251 e. The molecule has 88 valence electrons. The van der Waals surface area contributed by atoms with Gasteiger partial charge in [0.25, 0.3) is 5.91 Å². The van der Waals surface area contributed by atoms with Crippen molar-refractivity contribution in [2.45, 2.75) is 13.3 Å². The van der Waals surface area contributed by atoms with Gasteiger partial charge in [0.2, 0.25) is 0 Å². The summed E-state index contributed by atoms with van der Waals surface area (Å²) in [4.78, 5) is 11.9. The molecule has 1 aliphatic carbocycles. The van der Waals surface area contributed by atoms with Crippen molar-refractivity contribution >= 4 is 39.1 Å². The third-order valence-electron chi connectivity index (χ3n) is 2.56. The summed E-state index contributed by atoms with van der Waals surface area (Å²) in [6.45, 7) is 2.00. The van der Waals surface area contributed by atoms with Gasteiger partial charge in [0.1, 0.15) is 0 Å². The second-order valence-electron chi connectivity index (χ2n) is 3.94. The van der Waals surface area contributed by atoms with E-state index in [1.165, 1.54) is 5.57 Å². The van der Waals surface area contributed by atoms with Crippen molar-refractivity contribution in [2.75, 3.05) is 5.32 Å². The number of carbonyl (C=O) groups excluding carboxylic acids is 1. The Hall–Kier alpha value is -1.06. The number of amides is 1. The molecular weight excluding hydrogens is 302 g/mol. The van der Waals surface area contributed by atoms with Gasteiger partial charge in [-0.1, -0.05) is 33.1 Å². The highest BCUT2D eigenvalue weighted by Gasteiger charge is 2.17. The van der Waals surface area contributed by atoms with E-state index in [4.69, 9.17) is 11.6 Å². The number of anilines is 1. The summed E-state index contributed by atoms with van der Waals surface area (Å²) >= 11 is 9.19. The van der Waals surface area contributed by atoms with Gasteiger partial charge < -0.3 is 5.32 Å². The predicted octanol–water partition coefficient (Wildman–Crippen LogP) is 4.28. The van der Waals surface area contributed by atoms with Gasteiger partial charge in [-0.3, -0.25) is 4.79 Å². The fourth-order valence-electron chi connectivity index (χ4n) is 1.59. The summed E-state index contributed by atoms with van der Waals surface area (Å²) in [5.74, 6) is -0.0684. The highest BCUT2D eigenvalue weighted by molar-refractivity contribution is 9.11. The Morgan fingerprint density at radius 1 is 1.35 bits per heavy atom. The fourth-order valence-corrected chi connectivity index (χ4v) is 2.13. The maximum atomic E-state index is 11.9. The van der Waals surface area contributed by atoms with Crippen LogP contribution in [0.5, 0.6) is 0 Å². The molecule has 0 radical (unpaired) electrons. The van der Waals surface area contributed by atoms with Crippen molar-refractivity contribution < 1.29 is 4.79 Å². The van der Waals surface area contributed by atoms with E-state index in [-0.39, 0.29) is 5.91 Å². The first-order chi connectivity index (χ1) is 8.06. The van der Waals surface area contributed by atoms with Crippen LogP contribution >= 0.6 is 27.5 Å². The van der Waals surface area contributed by atoms with E-state index in [0.29, 0.717) is 11.4 Å². The van der Waals surface area contributed by atoms with Gasteiger partial charge in [0.05, 0.1) is 0 Å². The van der Waals surface area contributed by atoms with Gasteiger partial charge in [-0.05, 0) is 43.7 Å². The number of halogens is 2. The van der Waals surface area contributed by atoms with Crippen molar-refractivity contribution in [3.05, 3.63) is 51.0 Å². The molecule has 0 fully saturated rings. The molecule has 1 aromatic rings. The van der Waals surface area contributed by atoms with Crippen LogP contribution in [-0.2, 0) is 4.79 Å². The number of hydrogen-bond acceptors (Lipinski definition) is 1. The first-order valence-corrected chi connectivity index (χ1v) is 6.36. The molecule has 0 bridgehead atoms. The summed E-state index contributed by atoms with van der Waals surface area (Å²) in [7, 11) is 0. The zero-order chi connectivity index (χ0) is 12.4. The molecule has 2 rings (SSSR count). The van der Waals surface area contributed by atoms with E-state index in [0.717, 1.165) is 15.7 Å². The number of hydrogen-bond donors (Lipinski definition) is 1. The minimum absolute atomic E-state index is 0.0684. The van der Waals surface area contributed by atoms with E-state index in [2.05, 4.69) is 21.2 Å². The van der Waals surface area contributed by atoms with Crippen LogP contribution < -0.4 is 5.32 Å². The number of carbonyl (C=O) groups is 1. The third kappa shape index (κ3) is 2.99. The zero-order valence-corrected chi connectivity index (χ0v) is 11.6. The van der Waals surface area contributed by atoms with E-state index >= 15 is 0 Å². The molecule has 4 heteroatoms. The topological polar surface area (TPSA) is 29.1 Å². The van der Waals surface area contributed by atoms with Crippen molar-refractivity contribution in [2.24, 2.45) is 0 Å². The van der Waals surface area contributed by atoms with E-state index < -0.39 is 0 Å². The first kappa shape index (κ1) is 12.4. The van der Waals surface area contributed by atoms with Gasteiger partial charge >= 0.3 is 0 Å². The first-order valence-electron chi connectivity index (χ1n) is 5.19. The quantitative estimate of drug-likeness (QED) is 0.868. The molecule has 0 heterocycles. The Kier molecular flexibility index (Phi) is 3.69. The number of benzene rings is 1. The molecule has 0 atom stereocenters. The molecule has 0 aromatic heterocycles. The minimum atomic E-state index is -0.0684. The number of rotatable bonds is 2. The van der Waals surface area contributed by atoms with Crippen LogP contribution in [0.1, 0.15) is 13.3 Å². The Bertz CT molecular complexity index is 517. The Labute approximate surface area is 113 Å². The molecule has 2 nitrogen and oxygen atoms in total. The van der Waals surface area contributed by atoms with Crippen molar-refractivity contribution in [3.63, 3.8) is 0 Å². The number of nitrogens with one attached hydrogen (secondary N) is 1. The predicted molar refractivity (Wildman–Crippen MR) is 74.4 cm³/mol. The van der Waals surface area contributed by atoms with E-state index in [1.54, 1.807) is 24.3 Å². The molecule has 17 heavy (non-hydrogen) atoms. The van der Waals surface area contributed by atoms with Crippen LogP contribution in [0.25, 0.3) is 0 Å². The summed E-state index contributed by atoms with van der Waals surface area (Å²) in [5.41, 5.74) is 2.69. The van der Waals surface area contributed by atoms with E-state index in [9.17, 15) is 4.79 Å². The molecule has 1 aliphatic rings. The SMILES string of the molecule is CC1=C(Br)C=C(C(=O)Nc2ccc(Cl)cc2)C1. The Morgan fingerprint density at radius 2 is 2.00 bits per heavy atom. The molecule has 1 N–H and O–H groups in total. The van der Waals surface area contributed by atoms with Crippen molar-refractivity contribution in [3.8, 4) is 0 Å². The van der Waals surface area contributed by atoms with Crippen molar-refractivity contribution in [1.29, 1.82) is 0 Å². The average Bonchev–Trinajstić information content (AvgIpc) is 2.63. The molecule has 0 aliphatic heterocycles. The largest absolute Gasteiger partial charge is 0.322 e. The maximum Gasteiger partial charge on any atom is 0.251 e. The molecule has 0 unspecified atom stereocenters. The lowest BCUT2D eigenvalue weighted by Crippen LogP contribution is -2.13. The lowest BCUT2D eigenvalue weighted by atomic mass is 10.1. The number of allylic oxidation sites excluding steroid dienone is 3. The van der Waals surface area contributed by atoms with E-state index in [1.807, 2.05) is 13.0 Å². The molecule has 0 spiro atoms. The van der Waals surface area contributed by atoms with Gasteiger partial charge in [0.15, 0.2) is 0 Å². The second-order valence-corrected chi connectivity index (χ2v) is 5.23. The maximum absolute atomic E-state index is 11.9. The van der Waals surface area contributed by atoms with Gasteiger partial charge in [0, 0.05) is 20.8 Å². The van der Waals surface area contributed by atoms with Crippen molar-refractivity contribution in [1.82, 2.24) is 0 Å². The molecular formula is C13H11BrClNO. The van der Waals surface area contributed by atoms with Gasteiger partial charge in [-0.25, -0.2) is 0 Å². The van der Waals surface area contributed by atoms with Crippen LogP contribution in [0.3, 0.4) is 0 Å². The minimum Gasteiger partial charge on any atom is -0.322 e. The van der Waals surface area contributed by atoms with Gasteiger partial charge in [-0.2, -0.15) is 0 Å². The van der Waals surface area contributed by atoms with Crippen LogP contribution in [0.15, 0.2) is 46.0 Å². The molecule has 0 saturated carbocycles.